The summed E-state index contributed by atoms with van der Waals surface area (Å²) in [6.07, 6.45) is 2.69. The molecular formula is C12H22N2O3. The van der Waals surface area contributed by atoms with Crippen LogP contribution in [0.15, 0.2) is 0 Å². The summed E-state index contributed by atoms with van der Waals surface area (Å²) in [5.74, 6) is -0.398. The number of carbonyl (C=O) groups excluding carboxylic acids is 2. The second-order valence-corrected chi connectivity index (χ2v) is 4.94. The van der Waals surface area contributed by atoms with Gasteiger partial charge in [0, 0.05) is 12.6 Å². The fourth-order valence-corrected chi connectivity index (χ4v) is 2.11. The molecule has 98 valence electrons. The second kappa shape index (κ2) is 5.49. The number of hydrogen-bond acceptors (Lipinski definition) is 4. The van der Waals surface area contributed by atoms with E-state index in [-0.39, 0.29) is 18.5 Å². The van der Waals surface area contributed by atoms with E-state index in [1.165, 1.54) is 7.11 Å². The van der Waals surface area contributed by atoms with Crippen molar-refractivity contribution in [3.63, 3.8) is 0 Å². The monoisotopic (exact) mass is 242 g/mol. The minimum atomic E-state index is -0.432. The van der Waals surface area contributed by atoms with Crippen LogP contribution in [0.2, 0.25) is 0 Å². The van der Waals surface area contributed by atoms with Crippen LogP contribution in [0, 0.1) is 5.41 Å². The average Bonchev–Trinajstić information content (AvgIpc) is 2.24. The highest BCUT2D eigenvalue weighted by Crippen LogP contribution is 2.41. The number of ether oxygens (including phenoxy) is 1. The first-order valence-corrected chi connectivity index (χ1v) is 6.05. The lowest BCUT2D eigenvalue weighted by Crippen LogP contribution is -2.55. The lowest BCUT2D eigenvalue weighted by atomic mass is 9.67. The highest BCUT2D eigenvalue weighted by atomic mass is 16.5. The molecule has 0 aromatic heterocycles. The zero-order valence-electron chi connectivity index (χ0n) is 10.9. The number of methoxy groups -OCH3 is 1. The molecule has 17 heavy (non-hydrogen) atoms. The molecule has 5 heteroatoms. The van der Waals surface area contributed by atoms with Crippen LogP contribution in [0.25, 0.3) is 0 Å². The van der Waals surface area contributed by atoms with E-state index < -0.39 is 11.4 Å². The maximum absolute atomic E-state index is 12.4. The molecule has 5 nitrogen and oxygen atoms in total. The summed E-state index contributed by atoms with van der Waals surface area (Å²) >= 11 is 0. The normalized spacial score (nSPS) is 17.5. The largest absolute Gasteiger partial charge is 0.468 e. The molecule has 1 aliphatic rings. The van der Waals surface area contributed by atoms with Gasteiger partial charge in [-0.05, 0) is 26.7 Å². The molecule has 0 aliphatic heterocycles. The second-order valence-electron chi connectivity index (χ2n) is 4.94. The fourth-order valence-electron chi connectivity index (χ4n) is 2.11. The standard InChI is InChI=1S/C12H22N2O3/c1-9(2)14(7-10(15)17-3)11(16)12(8-13)5-4-6-12/h9H,4-8,13H2,1-3H3. The highest BCUT2D eigenvalue weighted by Gasteiger charge is 2.45. The Bertz CT molecular complexity index is 293. The molecule has 0 bridgehead atoms. The summed E-state index contributed by atoms with van der Waals surface area (Å²) in [6.45, 7) is 4.15. The zero-order chi connectivity index (χ0) is 13.1. The van der Waals surface area contributed by atoms with Crippen molar-refractivity contribution in [1.29, 1.82) is 0 Å². The molecule has 1 fully saturated rings. The maximum Gasteiger partial charge on any atom is 0.325 e. The molecule has 1 saturated carbocycles. The summed E-state index contributed by atoms with van der Waals surface area (Å²) in [4.78, 5) is 25.3. The van der Waals surface area contributed by atoms with E-state index in [0.717, 1.165) is 19.3 Å². The van der Waals surface area contributed by atoms with Gasteiger partial charge >= 0.3 is 5.97 Å². The molecule has 0 radical (unpaired) electrons. The minimum absolute atomic E-state index is 0.00773. The fraction of sp³-hybridized carbons (Fsp3) is 0.833. The number of nitrogens with two attached hydrogens (primary N) is 1. The molecule has 0 saturated heterocycles. The van der Waals surface area contributed by atoms with E-state index in [4.69, 9.17) is 5.73 Å². The van der Waals surface area contributed by atoms with Gasteiger partial charge in [-0.15, -0.1) is 0 Å². The predicted octanol–water partition coefficient (Wildman–Crippen LogP) is 0.525. The van der Waals surface area contributed by atoms with Gasteiger partial charge in [0.05, 0.1) is 12.5 Å². The lowest BCUT2D eigenvalue weighted by Gasteiger charge is -2.43. The van der Waals surface area contributed by atoms with Gasteiger partial charge in [0.15, 0.2) is 0 Å². The number of rotatable bonds is 5. The lowest BCUT2D eigenvalue weighted by molar-refractivity contribution is -0.156. The van der Waals surface area contributed by atoms with E-state index >= 15 is 0 Å². The Balaban J connectivity index is 2.76. The highest BCUT2D eigenvalue weighted by molar-refractivity contribution is 5.87. The Morgan fingerprint density at radius 2 is 2.00 bits per heavy atom. The van der Waals surface area contributed by atoms with Gasteiger partial charge in [-0.25, -0.2) is 0 Å². The van der Waals surface area contributed by atoms with Crippen LogP contribution in [-0.4, -0.2) is 43.0 Å². The van der Waals surface area contributed by atoms with Crippen LogP contribution in [0.1, 0.15) is 33.1 Å². The number of amides is 1. The molecule has 1 aliphatic carbocycles. The minimum Gasteiger partial charge on any atom is -0.468 e. The molecule has 0 aromatic carbocycles. The van der Waals surface area contributed by atoms with Crippen molar-refractivity contribution in [2.24, 2.45) is 11.1 Å². The molecule has 1 rings (SSSR count). The zero-order valence-corrected chi connectivity index (χ0v) is 10.9. The van der Waals surface area contributed by atoms with Crippen molar-refractivity contribution in [1.82, 2.24) is 4.90 Å². The number of carbonyl (C=O) groups is 2. The van der Waals surface area contributed by atoms with Crippen molar-refractivity contribution in [3.8, 4) is 0 Å². The van der Waals surface area contributed by atoms with Crippen LogP contribution >= 0.6 is 0 Å². The van der Waals surface area contributed by atoms with E-state index in [0.29, 0.717) is 6.54 Å². The van der Waals surface area contributed by atoms with E-state index in [1.807, 2.05) is 13.8 Å². The molecule has 0 unspecified atom stereocenters. The van der Waals surface area contributed by atoms with E-state index in [1.54, 1.807) is 4.90 Å². The summed E-state index contributed by atoms with van der Waals surface area (Å²) in [6, 6.07) is -0.0226. The summed E-state index contributed by atoms with van der Waals surface area (Å²) in [5.41, 5.74) is 5.28. The third kappa shape index (κ3) is 2.77. The third-order valence-corrected chi connectivity index (χ3v) is 3.57. The van der Waals surface area contributed by atoms with Gasteiger partial charge in [-0.1, -0.05) is 6.42 Å². The van der Waals surface area contributed by atoms with Crippen molar-refractivity contribution >= 4 is 11.9 Å². The number of nitrogens with zero attached hydrogens (tertiary/aromatic N) is 1. The summed E-state index contributed by atoms with van der Waals surface area (Å²) < 4.78 is 4.61. The Morgan fingerprint density at radius 3 is 2.29 bits per heavy atom. The van der Waals surface area contributed by atoms with Crippen LogP contribution in [-0.2, 0) is 14.3 Å². The molecule has 2 N–H and O–H groups in total. The molecule has 0 heterocycles. The Labute approximate surface area is 102 Å². The smallest absolute Gasteiger partial charge is 0.325 e. The van der Waals surface area contributed by atoms with Gasteiger partial charge in [-0.2, -0.15) is 0 Å². The molecule has 0 aromatic rings. The van der Waals surface area contributed by atoms with Crippen molar-refractivity contribution < 1.29 is 14.3 Å². The quantitative estimate of drug-likeness (QED) is 0.714. The Kier molecular flexibility index (Phi) is 4.51. The molecular weight excluding hydrogens is 220 g/mol. The first-order chi connectivity index (χ1) is 7.96. The third-order valence-electron chi connectivity index (χ3n) is 3.57. The summed E-state index contributed by atoms with van der Waals surface area (Å²) in [5, 5.41) is 0. The summed E-state index contributed by atoms with van der Waals surface area (Å²) in [7, 11) is 1.33. The molecule has 0 atom stereocenters. The van der Waals surface area contributed by atoms with Crippen LogP contribution in [0.3, 0.4) is 0 Å². The van der Waals surface area contributed by atoms with Gasteiger partial charge in [0.25, 0.3) is 0 Å². The van der Waals surface area contributed by atoms with Gasteiger partial charge in [0.2, 0.25) is 5.91 Å². The van der Waals surface area contributed by atoms with Crippen molar-refractivity contribution in [2.45, 2.75) is 39.2 Å². The van der Waals surface area contributed by atoms with E-state index in [2.05, 4.69) is 4.74 Å². The van der Waals surface area contributed by atoms with Crippen molar-refractivity contribution in [2.75, 3.05) is 20.2 Å². The van der Waals surface area contributed by atoms with Crippen LogP contribution in [0.5, 0.6) is 0 Å². The average molecular weight is 242 g/mol. The Hall–Kier alpha value is -1.10. The maximum atomic E-state index is 12.4. The SMILES string of the molecule is COC(=O)CN(C(=O)C1(CN)CCC1)C(C)C. The first-order valence-electron chi connectivity index (χ1n) is 6.05. The van der Waals surface area contributed by atoms with Crippen LogP contribution in [0.4, 0.5) is 0 Å². The van der Waals surface area contributed by atoms with Gasteiger partial charge in [-0.3, -0.25) is 9.59 Å². The van der Waals surface area contributed by atoms with Gasteiger partial charge < -0.3 is 15.4 Å². The predicted molar refractivity (Wildman–Crippen MR) is 64.2 cm³/mol. The number of hydrogen-bond donors (Lipinski definition) is 1. The van der Waals surface area contributed by atoms with Gasteiger partial charge in [0.1, 0.15) is 6.54 Å². The van der Waals surface area contributed by atoms with Crippen molar-refractivity contribution in [3.05, 3.63) is 0 Å². The van der Waals surface area contributed by atoms with Crippen LogP contribution < -0.4 is 5.73 Å². The topological polar surface area (TPSA) is 72.6 Å². The number of esters is 1. The van der Waals surface area contributed by atoms with E-state index in [9.17, 15) is 9.59 Å². The molecule has 0 spiro atoms. The Morgan fingerprint density at radius 1 is 1.41 bits per heavy atom. The molecule has 1 amide bonds. The first kappa shape index (κ1) is 14.0.